The van der Waals surface area contributed by atoms with Crippen molar-refractivity contribution in [1.82, 2.24) is 5.32 Å². The molecule has 1 aromatic carbocycles. The van der Waals surface area contributed by atoms with Gasteiger partial charge in [-0.05, 0) is 40.0 Å². The fourth-order valence-corrected chi connectivity index (χ4v) is 2.47. The van der Waals surface area contributed by atoms with Crippen molar-refractivity contribution >= 4 is 37.8 Å². The average molecular weight is 360 g/mol. The van der Waals surface area contributed by atoms with Crippen molar-refractivity contribution in [1.29, 1.82) is 5.26 Å². The first kappa shape index (κ1) is 14.2. The lowest BCUT2D eigenvalue weighted by atomic mass is 10.1. The molecular formula is C12H12Br2N2O. The molecule has 0 saturated heterocycles. The number of nitrogens with one attached hydrogen (secondary N) is 1. The molecule has 5 heteroatoms. The molecule has 0 heterocycles. The summed E-state index contributed by atoms with van der Waals surface area (Å²) in [5.74, 6) is -0.164. The Balaban J connectivity index is 2.87. The SMILES string of the molecule is CC(C)C(C#N)NC(=O)c1ccc(Br)cc1Br. The van der Waals surface area contributed by atoms with Crippen LogP contribution >= 0.6 is 31.9 Å². The second kappa shape index (κ2) is 6.18. The molecular weight excluding hydrogens is 348 g/mol. The Kier molecular flexibility index (Phi) is 5.16. The van der Waals surface area contributed by atoms with Gasteiger partial charge in [-0.2, -0.15) is 5.26 Å². The number of nitriles is 1. The van der Waals surface area contributed by atoms with Gasteiger partial charge in [0.1, 0.15) is 6.04 Å². The molecule has 0 fully saturated rings. The highest BCUT2D eigenvalue weighted by Gasteiger charge is 2.17. The minimum Gasteiger partial charge on any atom is -0.336 e. The number of amides is 1. The Labute approximate surface area is 117 Å². The molecule has 0 aliphatic rings. The van der Waals surface area contributed by atoms with E-state index in [0.29, 0.717) is 10.0 Å². The van der Waals surface area contributed by atoms with E-state index in [2.05, 4.69) is 43.2 Å². The molecule has 1 N–H and O–H groups in total. The molecule has 0 saturated carbocycles. The molecule has 0 aromatic heterocycles. The van der Waals surface area contributed by atoms with Gasteiger partial charge < -0.3 is 5.32 Å². The lowest BCUT2D eigenvalue weighted by Gasteiger charge is -2.15. The van der Waals surface area contributed by atoms with E-state index >= 15 is 0 Å². The summed E-state index contributed by atoms with van der Waals surface area (Å²) in [6.45, 7) is 3.79. The normalized spacial score (nSPS) is 12.0. The molecule has 1 aromatic rings. The van der Waals surface area contributed by atoms with Crippen molar-refractivity contribution in [2.45, 2.75) is 19.9 Å². The van der Waals surface area contributed by atoms with E-state index in [1.165, 1.54) is 0 Å². The molecule has 1 rings (SSSR count). The number of hydrogen-bond donors (Lipinski definition) is 1. The number of benzene rings is 1. The van der Waals surface area contributed by atoms with Crippen molar-refractivity contribution < 1.29 is 4.79 Å². The summed E-state index contributed by atoms with van der Waals surface area (Å²) in [5.41, 5.74) is 0.522. The van der Waals surface area contributed by atoms with Gasteiger partial charge in [-0.25, -0.2) is 0 Å². The Morgan fingerprint density at radius 3 is 2.53 bits per heavy atom. The predicted octanol–water partition coefficient (Wildman–Crippen LogP) is 3.49. The zero-order chi connectivity index (χ0) is 13.0. The van der Waals surface area contributed by atoms with Crippen LogP contribution in [0.25, 0.3) is 0 Å². The van der Waals surface area contributed by atoms with Gasteiger partial charge in [0.25, 0.3) is 5.91 Å². The number of halogens is 2. The summed E-state index contributed by atoms with van der Waals surface area (Å²) in [6, 6.07) is 6.89. The van der Waals surface area contributed by atoms with Gasteiger partial charge in [0, 0.05) is 8.95 Å². The van der Waals surface area contributed by atoms with Crippen LogP contribution in [0, 0.1) is 17.2 Å². The Morgan fingerprint density at radius 1 is 1.41 bits per heavy atom. The molecule has 0 aliphatic carbocycles. The van der Waals surface area contributed by atoms with E-state index in [1.54, 1.807) is 18.2 Å². The van der Waals surface area contributed by atoms with Gasteiger partial charge in [0.05, 0.1) is 11.6 Å². The minimum absolute atomic E-state index is 0.0816. The van der Waals surface area contributed by atoms with Crippen LogP contribution in [-0.2, 0) is 0 Å². The third-order valence-corrected chi connectivity index (χ3v) is 3.42. The van der Waals surface area contributed by atoms with Crippen molar-refractivity contribution in [3.63, 3.8) is 0 Å². The van der Waals surface area contributed by atoms with Crippen LogP contribution in [0.2, 0.25) is 0 Å². The van der Waals surface area contributed by atoms with Gasteiger partial charge in [0.15, 0.2) is 0 Å². The van der Waals surface area contributed by atoms with Gasteiger partial charge in [0.2, 0.25) is 0 Å². The topological polar surface area (TPSA) is 52.9 Å². The zero-order valence-corrected chi connectivity index (χ0v) is 12.7. The van der Waals surface area contributed by atoms with Crippen LogP contribution in [0.5, 0.6) is 0 Å². The third kappa shape index (κ3) is 3.83. The van der Waals surface area contributed by atoms with E-state index in [1.807, 2.05) is 13.8 Å². The number of carbonyl (C=O) groups is 1. The highest BCUT2D eigenvalue weighted by Crippen LogP contribution is 2.22. The van der Waals surface area contributed by atoms with E-state index in [4.69, 9.17) is 5.26 Å². The molecule has 17 heavy (non-hydrogen) atoms. The summed E-state index contributed by atoms with van der Waals surface area (Å²) < 4.78 is 1.59. The summed E-state index contributed by atoms with van der Waals surface area (Å²) in [4.78, 5) is 11.9. The minimum atomic E-state index is -0.474. The van der Waals surface area contributed by atoms with Crippen molar-refractivity contribution in [3.8, 4) is 6.07 Å². The van der Waals surface area contributed by atoms with Crippen LogP contribution in [0.4, 0.5) is 0 Å². The number of nitrogens with zero attached hydrogens (tertiary/aromatic N) is 1. The van der Waals surface area contributed by atoms with Crippen LogP contribution in [0.1, 0.15) is 24.2 Å². The fraction of sp³-hybridized carbons (Fsp3) is 0.333. The van der Waals surface area contributed by atoms with Gasteiger partial charge in [-0.1, -0.05) is 29.8 Å². The first-order valence-electron chi connectivity index (χ1n) is 5.11. The van der Waals surface area contributed by atoms with E-state index in [9.17, 15) is 4.79 Å². The molecule has 1 atom stereocenters. The molecule has 0 radical (unpaired) electrons. The van der Waals surface area contributed by atoms with Crippen LogP contribution in [0.3, 0.4) is 0 Å². The van der Waals surface area contributed by atoms with Gasteiger partial charge >= 0.3 is 0 Å². The highest BCUT2D eigenvalue weighted by atomic mass is 79.9. The van der Waals surface area contributed by atoms with Crippen LogP contribution in [-0.4, -0.2) is 11.9 Å². The molecule has 0 aliphatic heterocycles. The lowest BCUT2D eigenvalue weighted by molar-refractivity contribution is 0.0937. The van der Waals surface area contributed by atoms with Crippen molar-refractivity contribution in [2.75, 3.05) is 0 Å². The van der Waals surface area contributed by atoms with Crippen molar-refractivity contribution in [3.05, 3.63) is 32.7 Å². The zero-order valence-electron chi connectivity index (χ0n) is 9.50. The Hall–Kier alpha value is -0.860. The number of rotatable bonds is 3. The molecule has 1 unspecified atom stereocenters. The first-order chi connectivity index (χ1) is 7.95. The van der Waals surface area contributed by atoms with E-state index in [0.717, 1.165) is 4.47 Å². The largest absolute Gasteiger partial charge is 0.336 e. The predicted molar refractivity (Wildman–Crippen MR) is 73.5 cm³/mol. The summed E-state index contributed by atoms with van der Waals surface area (Å²) in [7, 11) is 0. The fourth-order valence-electron chi connectivity index (χ4n) is 1.24. The van der Waals surface area contributed by atoms with Crippen LogP contribution in [0.15, 0.2) is 27.1 Å². The highest BCUT2D eigenvalue weighted by molar-refractivity contribution is 9.11. The monoisotopic (exact) mass is 358 g/mol. The Morgan fingerprint density at radius 2 is 2.06 bits per heavy atom. The smallest absolute Gasteiger partial charge is 0.253 e. The second-order valence-electron chi connectivity index (χ2n) is 3.95. The summed E-state index contributed by atoms with van der Waals surface area (Å²) >= 11 is 6.64. The maximum Gasteiger partial charge on any atom is 0.253 e. The standard InChI is InChI=1S/C12H12Br2N2O/c1-7(2)11(6-15)16-12(17)9-4-3-8(13)5-10(9)14/h3-5,7,11H,1-2H3,(H,16,17). The molecule has 1 amide bonds. The quantitative estimate of drug-likeness (QED) is 0.897. The second-order valence-corrected chi connectivity index (χ2v) is 5.72. The third-order valence-electron chi connectivity index (χ3n) is 2.27. The molecule has 0 bridgehead atoms. The maximum atomic E-state index is 11.9. The van der Waals surface area contributed by atoms with Crippen molar-refractivity contribution in [2.24, 2.45) is 5.92 Å². The number of carbonyl (C=O) groups excluding carboxylic acids is 1. The molecule has 90 valence electrons. The maximum absolute atomic E-state index is 11.9. The molecule has 0 spiro atoms. The average Bonchev–Trinajstić information content (AvgIpc) is 2.24. The van der Waals surface area contributed by atoms with Crippen LogP contribution < -0.4 is 5.32 Å². The first-order valence-corrected chi connectivity index (χ1v) is 6.70. The lowest BCUT2D eigenvalue weighted by Crippen LogP contribution is -2.37. The van der Waals surface area contributed by atoms with Gasteiger partial charge in [-0.3, -0.25) is 4.79 Å². The van der Waals surface area contributed by atoms with E-state index in [-0.39, 0.29) is 11.8 Å². The summed E-state index contributed by atoms with van der Waals surface area (Å²) in [6.07, 6.45) is 0. The van der Waals surface area contributed by atoms with Gasteiger partial charge in [-0.15, -0.1) is 0 Å². The number of hydrogen-bond acceptors (Lipinski definition) is 2. The summed E-state index contributed by atoms with van der Waals surface area (Å²) in [5, 5.41) is 11.6. The van der Waals surface area contributed by atoms with E-state index < -0.39 is 6.04 Å². The Bertz CT molecular complexity index is 466. The molecule has 3 nitrogen and oxygen atoms in total.